The fourth-order valence-corrected chi connectivity index (χ4v) is 4.74. The molecule has 2 aromatic rings. The summed E-state index contributed by atoms with van der Waals surface area (Å²) < 4.78 is 0. The van der Waals surface area contributed by atoms with Crippen molar-refractivity contribution < 1.29 is 4.79 Å². The zero-order chi connectivity index (χ0) is 17.3. The van der Waals surface area contributed by atoms with E-state index in [-0.39, 0.29) is 23.7 Å². The normalized spacial score (nSPS) is 21.7. The summed E-state index contributed by atoms with van der Waals surface area (Å²) in [6.45, 7) is 3.21. The Labute approximate surface area is 166 Å². The Kier molecular flexibility index (Phi) is 5.91. The van der Waals surface area contributed by atoms with Crippen LogP contribution in [0, 0.1) is 5.41 Å². The summed E-state index contributed by atoms with van der Waals surface area (Å²) in [4.78, 5) is 15.5. The smallest absolute Gasteiger partial charge is 0.229 e. The largest absolute Gasteiger partial charge is 0.337 e. The van der Waals surface area contributed by atoms with E-state index in [9.17, 15) is 4.79 Å². The number of nitrogens with zero attached hydrogens (tertiary/aromatic N) is 1. The third kappa shape index (κ3) is 3.36. The molecule has 138 valence electrons. The van der Waals surface area contributed by atoms with Crippen LogP contribution in [0.3, 0.4) is 0 Å². The number of piperidine rings is 1. The van der Waals surface area contributed by atoms with Crippen LogP contribution in [0.5, 0.6) is 0 Å². The van der Waals surface area contributed by atoms with Crippen LogP contribution in [-0.4, -0.2) is 30.4 Å². The van der Waals surface area contributed by atoms with E-state index in [1.165, 1.54) is 5.56 Å². The van der Waals surface area contributed by atoms with Crippen molar-refractivity contribution in [2.24, 2.45) is 5.41 Å². The van der Waals surface area contributed by atoms with Crippen molar-refractivity contribution >= 4 is 29.9 Å². The summed E-state index contributed by atoms with van der Waals surface area (Å²) >= 11 is 6.52. The van der Waals surface area contributed by atoms with E-state index in [2.05, 4.69) is 23.5 Å². The lowest BCUT2D eigenvalue weighted by Crippen LogP contribution is -2.44. The Balaban J connectivity index is 0.00000196. The first-order chi connectivity index (χ1) is 12.2. The number of benzene rings is 2. The molecule has 2 fully saturated rings. The second-order valence-corrected chi connectivity index (χ2v) is 7.56. The molecule has 1 spiro atoms. The van der Waals surface area contributed by atoms with Gasteiger partial charge in [-0.25, -0.2) is 0 Å². The first-order valence-electron chi connectivity index (χ1n) is 8.99. The van der Waals surface area contributed by atoms with Gasteiger partial charge in [0.15, 0.2) is 0 Å². The molecule has 0 aromatic heterocycles. The maximum Gasteiger partial charge on any atom is 0.229 e. The highest BCUT2D eigenvalue weighted by Crippen LogP contribution is 2.51. The third-order valence-corrected chi connectivity index (χ3v) is 6.12. The molecule has 2 saturated heterocycles. The lowest BCUT2D eigenvalue weighted by Gasteiger charge is -2.37. The van der Waals surface area contributed by atoms with Crippen molar-refractivity contribution in [1.29, 1.82) is 0 Å². The number of carbonyl (C=O) groups is 1. The van der Waals surface area contributed by atoms with Crippen LogP contribution in [0.2, 0.25) is 5.02 Å². The van der Waals surface area contributed by atoms with Crippen molar-refractivity contribution in [3.8, 4) is 0 Å². The second-order valence-electron chi connectivity index (χ2n) is 7.15. The van der Waals surface area contributed by atoms with Gasteiger partial charge in [-0.3, -0.25) is 4.79 Å². The molecule has 2 heterocycles. The van der Waals surface area contributed by atoms with E-state index in [4.69, 9.17) is 11.6 Å². The molecule has 3 nitrogen and oxygen atoms in total. The highest BCUT2D eigenvalue weighted by Gasteiger charge is 2.54. The van der Waals surface area contributed by atoms with E-state index in [1.54, 1.807) is 0 Å². The van der Waals surface area contributed by atoms with Crippen LogP contribution in [-0.2, 0) is 11.3 Å². The number of rotatable bonds is 3. The van der Waals surface area contributed by atoms with Gasteiger partial charge < -0.3 is 10.2 Å². The lowest BCUT2D eigenvalue weighted by molar-refractivity contribution is -0.138. The molecule has 0 saturated carbocycles. The maximum atomic E-state index is 13.4. The summed E-state index contributed by atoms with van der Waals surface area (Å²) in [5, 5.41) is 4.18. The number of hydrogen-bond acceptors (Lipinski definition) is 2. The highest BCUT2D eigenvalue weighted by molar-refractivity contribution is 6.31. The monoisotopic (exact) mass is 390 g/mol. The molecule has 2 aromatic carbocycles. The molecule has 4 rings (SSSR count). The predicted molar refractivity (Wildman–Crippen MR) is 108 cm³/mol. The van der Waals surface area contributed by atoms with Gasteiger partial charge in [0, 0.05) is 24.0 Å². The molecule has 5 heteroatoms. The van der Waals surface area contributed by atoms with Crippen molar-refractivity contribution in [1.82, 2.24) is 10.2 Å². The lowest BCUT2D eigenvalue weighted by atomic mass is 9.68. The number of hydrogen-bond donors (Lipinski definition) is 1. The highest BCUT2D eigenvalue weighted by atomic mass is 35.5. The molecule has 1 amide bonds. The minimum atomic E-state index is -0.314. The van der Waals surface area contributed by atoms with E-state index < -0.39 is 0 Å². The van der Waals surface area contributed by atoms with Crippen LogP contribution < -0.4 is 5.32 Å². The molecule has 0 aliphatic carbocycles. The van der Waals surface area contributed by atoms with Crippen LogP contribution in [0.1, 0.15) is 29.9 Å². The molecular formula is C21H24Cl2N2O. The van der Waals surface area contributed by atoms with Crippen LogP contribution in [0.4, 0.5) is 0 Å². The summed E-state index contributed by atoms with van der Waals surface area (Å²) in [5.74, 6) is 0.460. The summed E-state index contributed by atoms with van der Waals surface area (Å²) in [5.41, 5.74) is 1.99. The van der Waals surface area contributed by atoms with Crippen LogP contribution >= 0.6 is 24.0 Å². The van der Waals surface area contributed by atoms with Crippen LogP contribution in [0.25, 0.3) is 0 Å². The SMILES string of the molecule is Cl.O=C1N(Cc2ccccc2)CC(c2ccccc2Cl)C12CCNCC2. The van der Waals surface area contributed by atoms with Gasteiger partial charge in [-0.15, -0.1) is 12.4 Å². The minimum Gasteiger partial charge on any atom is -0.337 e. The molecule has 0 radical (unpaired) electrons. The average molecular weight is 391 g/mol. The minimum absolute atomic E-state index is 0. The standard InChI is InChI=1S/C21H23ClN2O.ClH/c22-19-9-5-4-8-17(19)18-15-24(14-16-6-2-1-3-7-16)20(25)21(18)10-12-23-13-11-21;/h1-9,18,23H,10-15H2;1H. The van der Waals surface area contributed by atoms with Crippen molar-refractivity contribution in [3.63, 3.8) is 0 Å². The number of likely N-dealkylation sites (tertiary alicyclic amines) is 1. The van der Waals surface area contributed by atoms with Gasteiger partial charge in [0.25, 0.3) is 0 Å². The van der Waals surface area contributed by atoms with Gasteiger partial charge in [-0.1, -0.05) is 60.1 Å². The van der Waals surface area contributed by atoms with Gasteiger partial charge in [-0.2, -0.15) is 0 Å². The number of amides is 1. The van der Waals surface area contributed by atoms with Gasteiger partial charge in [0.1, 0.15) is 0 Å². The Morgan fingerprint density at radius 2 is 1.69 bits per heavy atom. The summed E-state index contributed by atoms with van der Waals surface area (Å²) in [7, 11) is 0. The fraction of sp³-hybridized carbons (Fsp3) is 0.381. The number of carbonyl (C=O) groups excluding carboxylic acids is 1. The molecular weight excluding hydrogens is 367 g/mol. The third-order valence-electron chi connectivity index (χ3n) is 5.78. The van der Waals surface area contributed by atoms with E-state index in [0.29, 0.717) is 12.5 Å². The maximum absolute atomic E-state index is 13.4. The Hall–Kier alpha value is -1.55. The number of halogens is 2. The van der Waals surface area contributed by atoms with Crippen molar-refractivity contribution in [3.05, 3.63) is 70.7 Å². The zero-order valence-corrected chi connectivity index (χ0v) is 16.2. The molecule has 2 aliphatic rings. The fourth-order valence-electron chi connectivity index (χ4n) is 4.47. The van der Waals surface area contributed by atoms with Gasteiger partial charge in [-0.05, 0) is 43.1 Å². The zero-order valence-electron chi connectivity index (χ0n) is 14.7. The van der Waals surface area contributed by atoms with Crippen molar-refractivity contribution in [2.75, 3.05) is 19.6 Å². The molecule has 26 heavy (non-hydrogen) atoms. The van der Waals surface area contributed by atoms with Gasteiger partial charge in [0.05, 0.1) is 5.41 Å². The van der Waals surface area contributed by atoms with E-state index in [0.717, 1.165) is 43.1 Å². The Morgan fingerprint density at radius 3 is 2.38 bits per heavy atom. The summed E-state index contributed by atoms with van der Waals surface area (Å²) in [6.07, 6.45) is 1.76. The predicted octanol–water partition coefficient (Wildman–Crippen LogP) is 4.26. The quantitative estimate of drug-likeness (QED) is 0.848. The molecule has 2 aliphatic heterocycles. The molecule has 1 atom stereocenters. The second kappa shape index (κ2) is 7.99. The van der Waals surface area contributed by atoms with E-state index in [1.807, 2.05) is 41.3 Å². The number of nitrogens with one attached hydrogen (secondary N) is 1. The first kappa shape index (κ1) is 19.2. The first-order valence-corrected chi connectivity index (χ1v) is 9.37. The summed E-state index contributed by atoms with van der Waals surface area (Å²) in [6, 6.07) is 18.3. The molecule has 0 bridgehead atoms. The van der Waals surface area contributed by atoms with E-state index >= 15 is 0 Å². The molecule has 1 unspecified atom stereocenters. The molecule has 1 N–H and O–H groups in total. The Morgan fingerprint density at radius 1 is 1.04 bits per heavy atom. The topological polar surface area (TPSA) is 32.3 Å². The van der Waals surface area contributed by atoms with Gasteiger partial charge >= 0.3 is 0 Å². The average Bonchev–Trinajstić information content (AvgIpc) is 2.90. The van der Waals surface area contributed by atoms with Crippen LogP contribution in [0.15, 0.2) is 54.6 Å². The Bertz CT molecular complexity index is 760. The van der Waals surface area contributed by atoms with Gasteiger partial charge in [0.2, 0.25) is 5.91 Å². The van der Waals surface area contributed by atoms with Crippen molar-refractivity contribution in [2.45, 2.75) is 25.3 Å².